The van der Waals surface area contributed by atoms with Gasteiger partial charge in [-0.15, -0.1) is 17.0 Å². The Bertz CT molecular complexity index is 895. The predicted octanol–water partition coefficient (Wildman–Crippen LogP) is 3.09. The topological polar surface area (TPSA) is 84.8 Å². The third kappa shape index (κ3) is 3.62. The van der Waals surface area contributed by atoms with Gasteiger partial charge < -0.3 is 5.73 Å². The first-order valence-electron chi connectivity index (χ1n) is 6.70. The molecule has 7 heteroatoms. The Hall–Kier alpha value is -2.12. The summed E-state index contributed by atoms with van der Waals surface area (Å²) in [5.41, 5.74) is 6.70. The quantitative estimate of drug-likeness (QED) is 0.531. The highest BCUT2D eigenvalue weighted by molar-refractivity contribution is 8.93. The van der Waals surface area contributed by atoms with Crippen molar-refractivity contribution >= 4 is 44.8 Å². The Labute approximate surface area is 147 Å². The van der Waals surface area contributed by atoms with Gasteiger partial charge in [0.25, 0.3) is 5.56 Å². The molecule has 3 N–H and O–H groups in total. The van der Waals surface area contributed by atoms with Crippen LogP contribution in [-0.4, -0.2) is 14.7 Å². The SMILES string of the molecule is Br.N=C(N)SCc1nc2ccccc2c(=O)n1-c1ccccc1. The van der Waals surface area contributed by atoms with E-state index < -0.39 is 0 Å². The van der Waals surface area contributed by atoms with Gasteiger partial charge >= 0.3 is 0 Å². The molecule has 2 aromatic carbocycles. The van der Waals surface area contributed by atoms with Gasteiger partial charge in [-0.25, -0.2) is 4.98 Å². The number of nitrogens with zero attached hydrogens (tertiary/aromatic N) is 2. The molecule has 1 heterocycles. The number of hydrogen-bond donors (Lipinski definition) is 2. The van der Waals surface area contributed by atoms with Crippen LogP contribution in [0.5, 0.6) is 0 Å². The molecule has 0 fully saturated rings. The standard InChI is InChI=1S/C16H14N4OS.BrH/c17-16(18)22-10-14-19-13-9-5-4-8-12(13)15(21)20(14)11-6-2-1-3-7-11;/h1-9H,10H2,(H3,17,18);1H. The average molecular weight is 391 g/mol. The van der Waals surface area contributed by atoms with Gasteiger partial charge in [0.15, 0.2) is 5.17 Å². The molecular weight excluding hydrogens is 376 g/mol. The molecular formula is C16H15BrN4OS. The van der Waals surface area contributed by atoms with Crippen molar-refractivity contribution in [3.8, 4) is 5.69 Å². The Balaban J connectivity index is 0.00000192. The number of amidine groups is 1. The molecule has 118 valence electrons. The zero-order valence-electron chi connectivity index (χ0n) is 12.1. The Morgan fingerprint density at radius 3 is 2.48 bits per heavy atom. The zero-order valence-corrected chi connectivity index (χ0v) is 14.6. The maximum atomic E-state index is 12.8. The van der Waals surface area contributed by atoms with Crippen LogP contribution in [-0.2, 0) is 5.75 Å². The molecule has 0 amide bonds. The van der Waals surface area contributed by atoms with E-state index in [1.807, 2.05) is 48.5 Å². The number of nitrogens with one attached hydrogen (secondary N) is 1. The van der Waals surface area contributed by atoms with E-state index in [0.29, 0.717) is 22.5 Å². The van der Waals surface area contributed by atoms with Crippen molar-refractivity contribution in [1.29, 1.82) is 5.41 Å². The number of benzene rings is 2. The highest BCUT2D eigenvalue weighted by Crippen LogP contribution is 2.16. The molecule has 1 aromatic heterocycles. The molecule has 0 unspecified atom stereocenters. The van der Waals surface area contributed by atoms with Gasteiger partial charge in [0.05, 0.1) is 22.3 Å². The minimum Gasteiger partial charge on any atom is -0.379 e. The van der Waals surface area contributed by atoms with Crippen molar-refractivity contribution in [1.82, 2.24) is 9.55 Å². The molecule has 0 atom stereocenters. The van der Waals surface area contributed by atoms with Crippen molar-refractivity contribution in [3.63, 3.8) is 0 Å². The number of para-hydroxylation sites is 2. The first kappa shape index (κ1) is 17.2. The summed E-state index contributed by atoms with van der Waals surface area (Å²) in [5.74, 6) is 0.944. The van der Waals surface area contributed by atoms with Crippen molar-refractivity contribution < 1.29 is 0 Å². The van der Waals surface area contributed by atoms with Gasteiger partial charge in [0.2, 0.25) is 0 Å². The highest BCUT2D eigenvalue weighted by Gasteiger charge is 2.12. The molecule has 0 bridgehead atoms. The molecule has 23 heavy (non-hydrogen) atoms. The van der Waals surface area contributed by atoms with Crippen LogP contribution in [0, 0.1) is 5.41 Å². The van der Waals surface area contributed by atoms with Crippen LogP contribution in [0.4, 0.5) is 0 Å². The first-order chi connectivity index (χ1) is 10.7. The van der Waals surface area contributed by atoms with Crippen molar-refractivity contribution in [2.45, 2.75) is 5.75 Å². The van der Waals surface area contributed by atoms with Crippen LogP contribution in [0.25, 0.3) is 16.6 Å². The van der Waals surface area contributed by atoms with Crippen molar-refractivity contribution in [3.05, 3.63) is 70.8 Å². The highest BCUT2D eigenvalue weighted by atomic mass is 79.9. The molecule has 0 aliphatic rings. The Morgan fingerprint density at radius 1 is 1.13 bits per heavy atom. The normalized spacial score (nSPS) is 10.3. The molecule has 0 radical (unpaired) electrons. The molecule has 3 rings (SSSR count). The van der Waals surface area contributed by atoms with Crippen LogP contribution in [0.15, 0.2) is 59.4 Å². The third-order valence-electron chi connectivity index (χ3n) is 3.22. The summed E-state index contributed by atoms with van der Waals surface area (Å²) >= 11 is 1.15. The fourth-order valence-electron chi connectivity index (χ4n) is 2.26. The lowest BCUT2D eigenvalue weighted by Gasteiger charge is -2.13. The number of thioether (sulfide) groups is 1. The van der Waals surface area contributed by atoms with Crippen LogP contribution >= 0.6 is 28.7 Å². The maximum Gasteiger partial charge on any atom is 0.265 e. The van der Waals surface area contributed by atoms with E-state index >= 15 is 0 Å². The molecule has 0 aliphatic heterocycles. The summed E-state index contributed by atoms with van der Waals surface area (Å²) in [4.78, 5) is 17.4. The summed E-state index contributed by atoms with van der Waals surface area (Å²) < 4.78 is 1.58. The van der Waals surface area contributed by atoms with Gasteiger partial charge in [-0.3, -0.25) is 14.8 Å². The number of hydrogen-bond acceptors (Lipinski definition) is 4. The molecule has 0 saturated carbocycles. The van der Waals surface area contributed by atoms with Gasteiger partial charge in [-0.2, -0.15) is 0 Å². The lowest BCUT2D eigenvalue weighted by Crippen LogP contribution is -2.24. The van der Waals surface area contributed by atoms with Gasteiger partial charge in [-0.1, -0.05) is 42.1 Å². The number of fused-ring (bicyclic) bond motifs is 1. The molecule has 0 spiro atoms. The van der Waals surface area contributed by atoms with Gasteiger partial charge in [0.1, 0.15) is 5.82 Å². The number of nitrogens with two attached hydrogens (primary N) is 1. The average Bonchev–Trinajstić information content (AvgIpc) is 2.54. The summed E-state index contributed by atoms with van der Waals surface area (Å²) in [6.45, 7) is 0. The van der Waals surface area contributed by atoms with E-state index in [9.17, 15) is 4.79 Å². The van der Waals surface area contributed by atoms with Crippen molar-refractivity contribution in [2.75, 3.05) is 0 Å². The Morgan fingerprint density at radius 2 is 1.78 bits per heavy atom. The predicted molar refractivity (Wildman–Crippen MR) is 101 cm³/mol. The maximum absolute atomic E-state index is 12.8. The molecule has 0 saturated heterocycles. The van der Waals surface area contributed by atoms with Crippen LogP contribution in [0.3, 0.4) is 0 Å². The van der Waals surface area contributed by atoms with E-state index in [1.165, 1.54) is 0 Å². The molecule has 0 aliphatic carbocycles. The largest absolute Gasteiger partial charge is 0.379 e. The molecule has 5 nitrogen and oxygen atoms in total. The van der Waals surface area contributed by atoms with E-state index in [2.05, 4.69) is 4.98 Å². The lowest BCUT2D eigenvalue weighted by molar-refractivity contribution is 0.885. The lowest BCUT2D eigenvalue weighted by atomic mass is 10.2. The summed E-state index contributed by atoms with van der Waals surface area (Å²) in [6, 6.07) is 16.6. The van der Waals surface area contributed by atoms with Crippen LogP contribution in [0.2, 0.25) is 0 Å². The summed E-state index contributed by atoms with van der Waals surface area (Å²) in [6.07, 6.45) is 0. The van der Waals surface area contributed by atoms with E-state index in [0.717, 1.165) is 17.4 Å². The van der Waals surface area contributed by atoms with Crippen LogP contribution in [0.1, 0.15) is 5.82 Å². The van der Waals surface area contributed by atoms with Crippen LogP contribution < -0.4 is 11.3 Å². The molecule has 3 aromatic rings. The number of rotatable bonds is 3. The second kappa shape index (κ2) is 7.43. The fourth-order valence-corrected chi connectivity index (χ4v) is 2.74. The smallest absolute Gasteiger partial charge is 0.265 e. The second-order valence-corrected chi connectivity index (χ2v) is 5.69. The van der Waals surface area contributed by atoms with E-state index in [1.54, 1.807) is 10.6 Å². The second-order valence-electron chi connectivity index (χ2n) is 4.67. The first-order valence-corrected chi connectivity index (χ1v) is 7.68. The minimum absolute atomic E-state index is 0. The van der Waals surface area contributed by atoms with Gasteiger partial charge in [0, 0.05) is 0 Å². The number of aromatic nitrogens is 2. The third-order valence-corrected chi connectivity index (χ3v) is 3.93. The minimum atomic E-state index is -0.115. The van der Waals surface area contributed by atoms with E-state index in [4.69, 9.17) is 11.1 Å². The van der Waals surface area contributed by atoms with Gasteiger partial charge in [-0.05, 0) is 24.3 Å². The zero-order chi connectivity index (χ0) is 15.5. The summed E-state index contributed by atoms with van der Waals surface area (Å²) in [7, 11) is 0. The fraction of sp³-hybridized carbons (Fsp3) is 0.0625. The Kier molecular flexibility index (Phi) is 5.57. The monoisotopic (exact) mass is 390 g/mol. The van der Waals surface area contributed by atoms with Crippen molar-refractivity contribution in [2.24, 2.45) is 5.73 Å². The van der Waals surface area contributed by atoms with E-state index in [-0.39, 0.29) is 27.7 Å². The summed E-state index contributed by atoms with van der Waals surface area (Å²) in [5, 5.41) is 7.93. The number of halogens is 1.